The van der Waals surface area contributed by atoms with E-state index in [2.05, 4.69) is 49.9 Å². The summed E-state index contributed by atoms with van der Waals surface area (Å²) < 4.78 is 0. The average Bonchev–Trinajstić information content (AvgIpc) is 3.10. The number of fused-ring (bicyclic) bond motifs is 2. The molecule has 0 bridgehead atoms. The van der Waals surface area contributed by atoms with Crippen LogP contribution in [-0.2, 0) is 6.42 Å². The van der Waals surface area contributed by atoms with E-state index >= 15 is 0 Å². The number of hydrogen-bond donors (Lipinski definition) is 3. The number of anilines is 2. The third kappa shape index (κ3) is 2.11. The highest BCUT2D eigenvalue weighted by Gasteiger charge is 2.23. The Morgan fingerprint density at radius 2 is 2.10 bits per heavy atom. The van der Waals surface area contributed by atoms with Gasteiger partial charge in [-0.1, -0.05) is 18.2 Å². The lowest BCUT2D eigenvalue weighted by atomic mass is 9.98. The van der Waals surface area contributed by atoms with Gasteiger partial charge in [0.15, 0.2) is 5.65 Å². The fraction of sp³-hybridized carbons (Fsp3) is 0.250. The molecule has 5 heteroatoms. The van der Waals surface area contributed by atoms with Gasteiger partial charge in [0.2, 0.25) is 0 Å². The molecule has 2 aromatic heterocycles. The first-order chi connectivity index (χ1) is 10.3. The van der Waals surface area contributed by atoms with Crippen molar-refractivity contribution in [3.8, 4) is 0 Å². The van der Waals surface area contributed by atoms with E-state index in [1.54, 1.807) is 0 Å². The zero-order chi connectivity index (χ0) is 14.2. The van der Waals surface area contributed by atoms with Crippen LogP contribution in [-0.4, -0.2) is 28.5 Å². The first kappa shape index (κ1) is 12.2. The fourth-order valence-electron chi connectivity index (χ4n) is 2.95. The maximum atomic E-state index is 4.62. The van der Waals surface area contributed by atoms with Gasteiger partial charge in [-0.3, -0.25) is 0 Å². The first-order valence-corrected chi connectivity index (χ1v) is 7.19. The van der Waals surface area contributed by atoms with Crippen LogP contribution in [0.15, 0.2) is 36.4 Å². The molecular formula is C16H17N5. The van der Waals surface area contributed by atoms with Gasteiger partial charge in [-0.2, -0.15) is 0 Å². The summed E-state index contributed by atoms with van der Waals surface area (Å²) in [4.78, 5) is 12.5. The summed E-state index contributed by atoms with van der Waals surface area (Å²) in [6.07, 6.45) is 0.898. The van der Waals surface area contributed by atoms with Gasteiger partial charge in [-0.25, -0.2) is 9.97 Å². The molecule has 0 spiro atoms. The highest BCUT2D eigenvalue weighted by atomic mass is 15.0. The number of imidazole rings is 1. The first-order valence-electron chi connectivity index (χ1n) is 7.19. The lowest BCUT2D eigenvalue weighted by molar-refractivity contribution is 0.723. The van der Waals surface area contributed by atoms with Crippen molar-refractivity contribution in [3.05, 3.63) is 47.8 Å². The molecule has 3 aromatic rings. The van der Waals surface area contributed by atoms with Crippen molar-refractivity contribution in [2.75, 3.05) is 24.2 Å². The van der Waals surface area contributed by atoms with Gasteiger partial charge in [-0.05, 0) is 23.8 Å². The van der Waals surface area contributed by atoms with Crippen LogP contribution in [0.1, 0.15) is 17.3 Å². The fourth-order valence-corrected chi connectivity index (χ4v) is 2.95. The van der Waals surface area contributed by atoms with Crippen LogP contribution in [0, 0.1) is 0 Å². The van der Waals surface area contributed by atoms with Crippen LogP contribution in [0.25, 0.3) is 11.2 Å². The molecule has 1 unspecified atom stereocenters. The van der Waals surface area contributed by atoms with E-state index < -0.39 is 0 Å². The van der Waals surface area contributed by atoms with E-state index in [4.69, 9.17) is 0 Å². The molecule has 0 aliphatic carbocycles. The molecule has 0 fully saturated rings. The molecule has 21 heavy (non-hydrogen) atoms. The SMILES string of the molecule is CNc1ccc2[nH]c(CC3CNc4ccccc43)nc2n1. The quantitative estimate of drug-likeness (QED) is 0.689. The minimum Gasteiger partial charge on any atom is -0.384 e. The number of hydrogen-bond acceptors (Lipinski definition) is 4. The highest BCUT2D eigenvalue weighted by Crippen LogP contribution is 2.33. The van der Waals surface area contributed by atoms with E-state index in [-0.39, 0.29) is 0 Å². The molecule has 0 saturated heterocycles. The highest BCUT2D eigenvalue weighted by molar-refractivity contribution is 5.73. The smallest absolute Gasteiger partial charge is 0.179 e. The molecule has 0 saturated carbocycles. The minimum atomic E-state index is 0.463. The molecule has 1 atom stereocenters. The van der Waals surface area contributed by atoms with E-state index in [0.29, 0.717) is 5.92 Å². The molecule has 3 N–H and O–H groups in total. The van der Waals surface area contributed by atoms with Crippen LogP contribution in [0.4, 0.5) is 11.5 Å². The number of para-hydroxylation sites is 1. The van der Waals surface area contributed by atoms with Crippen molar-refractivity contribution < 1.29 is 0 Å². The zero-order valence-electron chi connectivity index (χ0n) is 11.9. The molecular weight excluding hydrogens is 262 g/mol. The summed E-state index contributed by atoms with van der Waals surface area (Å²) in [5.41, 5.74) is 4.38. The molecule has 106 valence electrons. The summed E-state index contributed by atoms with van der Waals surface area (Å²) in [7, 11) is 1.86. The van der Waals surface area contributed by atoms with E-state index in [9.17, 15) is 0 Å². The Kier molecular flexibility index (Phi) is 2.77. The van der Waals surface area contributed by atoms with Crippen molar-refractivity contribution in [2.24, 2.45) is 0 Å². The van der Waals surface area contributed by atoms with Crippen LogP contribution in [0.3, 0.4) is 0 Å². The van der Waals surface area contributed by atoms with Gasteiger partial charge in [0.25, 0.3) is 0 Å². The second kappa shape index (κ2) is 4.77. The van der Waals surface area contributed by atoms with Crippen LogP contribution in [0.2, 0.25) is 0 Å². The molecule has 0 amide bonds. The molecule has 1 aliphatic rings. The second-order valence-corrected chi connectivity index (χ2v) is 5.37. The van der Waals surface area contributed by atoms with Crippen molar-refractivity contribution in [2.45, 2.75) is 12.3 Å². The van der Waals surface area contributed by atoms with Crippen LogP contribution < -0.4 is 10.6 Å². The molecule has 0 radical (unpaired) electrons. The van der Waals surface area contributed by atoms with Gasteiger partial charge in [0.05, 0.1) is 5.52 Å². The number of rotatable bonds is 3. The lowest BCUT2D eigenvalue weighted by Gasteiger charge is -2.07. The van der Waals surface area contributed by atoms with Gasteiger partial charge in [-0.15, -0.1) is 0 Å². The third-order valence-electron chi connectivity index (χ3n) is 4.03. The summed E-state index contributed by atoms with van der Waals surface area (Å²) in [5.74, 6) is 2.30. The number of aromatic nitrogens is 3. The van der Waals surface area contributed by atoms with E-state index in [1.807, 2.05) is 19.2 Å². The van der Waals surface area contributed by atoms with Gasteiger partial charge in [0, 0.05) is 31.6 Å². The zero-order valence-corrected chi connectivity index (χ0v) is 11.9. The Balaban J connectivity index is 1.63. The monoisotopic (exact) mass is 279 g/mol. The third-order valence-corrected chi connectivity index (χ3v) is 4.03. The van der Waals surface area contributed by atoms with E-state index in [0.717, 1.165) is 35.8 Å². The maximum Gasteiger partial charge on any atom is 0.179 e. The lowest BCUT2D eigenvalue weighted by Crippen LogP contribution is -2.06. The predicted molar refractivity (Wildman–Crippen MR) is 84.8 cm³/mol. The molecule has 4 rings (SSSR count). The Morgan fingerprint density at radius 3 is 3.00 bits per heavy atom. The van der Waals surface area contributed by atoms with Gasteiger partial charge in [0.1, 0.15) is 11.6 Å². The summed E-state index contributed by atoms with van der Waals surface area (Å²) in [6, 6.07) is 12.5. The average molecular weight is 279 g/mol. The van der Waals surface area contributed by atoms with Gasteiger partial charge >= 0.3 is 0 Å². The maximum absolute atomic E-state index is 4.62. The van der Waals surface area contributed by atoms with Crippen LogP contribution in [0.5, 0.6) is 0 Å². The predicted octanol–water partition coefficient (Wildman–Crippen LogP) is 2.75. The number of nitrogens with zero attached hydrogens (tertiary/aromatic N) is 2. The number of benzene rings is 1. The molecule has 5 nitrogen and oxygen atoms in total. The topological polar surface area (TPSA) is 65.6 Å². The number of aromatic amines is 1. The van der Waals surface area contributed by atoms with Crippen LogP contribution >= 0.6 is 0 Å². The van der Waals surface area contributed by atoms with Crippen molar-refractivity contribution in [3.63, 3.8) is 0 Å². The van der Waals surface area contributed by atoms with Gasteiger partial charge < -0.3 is 15.6 Å². The summed E-state index contributed by atoms with van der Waals surface area (Å²) >= 11 is 0. The standard InChI is InChI=1S/C16H17N5/c1-17-14-7-6-13-16(20-14)21-15(19-13)8-10-9-18-12-5-3-2-4-11(10)12/h2-7,10,18H,8-9H2,1H3,(H2,17,19,20,21). The Hall–Kier alpha value is -2.56. The largest absolute Gasteiger partial charge is 0.384 e. The minimum absolute atomic E-state index is 0.463. The molecule has 3 heterocycles. The van der Waals surface area contributed by atoms with E-state index in [1.165, 1.54) is 11.3 Å². The Bertz CT molecular complexity index is 792. The molecule has 1 aliphatic heterocycles. The van der Waals surface area contributed by atoms with Crippen molar-refractivity contribution in [1.29, 1.82) is 0 Å². The summed E-state index contributed by atoms with van der Waals surface area (Å²) in [6.45, 7) is 0.964. The second-order valence-electron chi connectivity index (χ2n) is 5.37. The number of nitrogens with one attached hydrogen (secondary N) is 3. The number of pyridine rings is 1. The Labute approximate surface area is 122 Å². The van der Waals surface area contributed by atoms with Crippen molar-refractivity contribution >= 4 is 22.7 Å². The van der Waals surface area contributed by atoms with Crippen molar-refractivity contribution in [1.82, 2.24) is 15.0 Å². The number of H-pyrrole nitrogens is 1. The Morgan fingerprint density at radius 1 is 1.19 bits per heavy atom. The molecule has 1 aromatic carbocycles. The normalized spacial score (nSPS) is 16.7. The summed E-state index contributed by atoms with van der Waals surface area (Å²) in [5, 5.41) is 6.49.